The van der Waals surface area contributed by atoms with Crippen LogP contribution in [0.5, 0.6) is 0 Å². The van der Waals surface area contributed by atoms with E-state index in [2.05, 4.69) is 90.2 Å². The lowest BCUT2D eigenvalue weighted by atomic mass is 10.0. The summed E-state index contributed by atoms with van der Waals surface area (Å²) < 4.78 is 0. The van der Waals surface area contributed by atoms with E-state index in [0.717, 1.165) is 0 Å². The van der Waals surface area contributed by atoms with Crippen LogP contribution in [0.4, 0.5) is 0 Å². The van der Waals surface area contributed by atoms with E-state index in [0.29, 0.717) is 12.1 Å². The molecule has 1 N–H and O–H groups in total. The highest BCUT2D eigenvalue weighted by atomic mass is 15.1. The highest BCUT2D eigenvalue weighted by Crippen LogP contribution is 2.42. The van der Waals surface area contributed by atoms with Crippen LogP contribution in [0.2, 0.25) is 0 Å². The Morgan fingerprint density at radius 3 is 1.57 bits per heavy atom. The first-order chi connectivity index (χ1) is 10.4. The van der Waals surface area contributed by atoms with Gasteiger partial charge in [0, 0.05) is 0 Å². The van der Waals surface area contributed by atoms with Gasteiger partial charge in [0.1, 0.15) is 0 Å². The van der Waals surface area contributed by atoms with Crippen molar-refractivity contribution in [1.82, 2.24) is 5.32 Å². The summed E-state index contributed by atoms with van der Waals surface area (Å²) in [5.74, 6) is 0. The summed E-state index contributed by atoms with van der Waals surface area (Å²) in [5, 5.41) is 3.56. The first-order valence-electron chi connectivity index (χ1n) is 7.38. The molecule has 2 unspecified atom stereocenters. The third-order valence-corrected chi connectivity index (χ3v) is 4.12. The van der Waals surface area contributed by atoms with Crippen LogP contribution < -0.4 is 5.32 Å². The quantitative estimate of drug-likeness (QED) is 0.683. The minimum Gasteiger partial charge on any atom is -0.300 e. The third kappa shape index (κ3) is 2.48. The van der Waals surface area contributed by atoms with Gasteiger partial charge in [0.2, 0.25) is 0 Å². The number of hydrogen-bond acceptors (Lipinski definition) is 1. The topological polar surface area (TPSA) is 21.9 Å². The molecule has 3 aromatic carbocycles. The van der Waals surface area contributed by atoms with Crippen LogP contribution in [0.25, 0.3) is 11.1 Å². The zero-order valence-corrected chi connectivity index (χ0v) is 11.7. The van der Waals surface area contributed by atoms with Gasteiger partial charge in [-0.2, -0.15) is 0 Å². The molecule has 21 heavy (non-hydrogen) atoms. The molecular formula is C20H17N. The lowest BCUT2D eigenvalue weighted by Crippen LogP contribution is -1.85. The van der Waals surface area contributed by atoms with E-state index < -0.39 is 0 Å². The Kier molecular flexibility index (Phi) is 3.06. The average molecular weight is 271 g/mol. The fourth-order valence-corrected chi connectivity index (χ4v) is 2.89. The van der Waals surface area contributed by atoms with Crippen molar-refractivity contribution in [3.63, 3.8) is 0 Å². The summed E-state index contributed by atoms with van der Waals surface area (Å²) in [6.45, 7) is 0. The summed E-state index contributed by atoms with van der Waals surface area (Å²) in [6.07, 6.45) is 0. The first kappa shape index (κ1) is 12.4. The fourth-order valence-electron chi connectivity index (χ4n) is 2.89. The van der Waals surface area contributed by atoms with E-state index in [1.54, 1.807) is 0 Å². The van der Waals surface area contributed by atoms with Crippen molar-refractivity contribution in [3.05, 3.63) is 96.1 Å². The average Bonchev–Trinajstić information content (AvgIpc) is 3.37. The van der Waals surface area contributed by atoms with Crippen molar-refractivity contribution in [2.45, 2.75) is 12.1 Å². The van der Waals surface area contributed by atoms with Crippen LogP contribution in [0, 0.1) is 0 Å². The smallest absolute Gasteiger partial charge is 0.0523 e. The molecule has 1 nitrogen and oxygen atoms in total. The number of benzene rings is 3. The van der Waals surface area contributed by atoms with Crippen molar-refractivity contribution in [2.24, 2.45) is 0 Å². The molecule has 0 radical (unpaired) electrons. The Morgan fingerprint density at radius 1 is 0.476 bits per heavy atom. The van der Waals surface area contributed by atoms with Crippen LogP contribution in [0.3, 0.4) is 0 Å². The molecule has 0 spiro atoms. The number of rotatable bonds is 3. The molecule has 1 aliphatic heterocycles. The molecule has 0 saturated carbocycles. The summed E-state index contributed by atoms with van der Waals surface area (Å²) in [5.41, 5.74) is 5.28. The maximum atomic E-state index is 3.56. The molecule has 3 aromatic rings. The fraction of sp³-hybridized carbons (Fsp3) is 0.100. The van der Waals surface area contributed by atoms with E-state index in [1.165, 1.54) is 22.3 Å². The maximum absolute atomic E-state index is 3.56. The van der Waals surface area contributed by atoms with Crippen molar-refractivity contribution < 1.29 is 0 Å². The zero-order valence-electron chi connectivity index (χ0n) is 11.7. The third-order valence-electron chi connectivity index (χ3n) is 4.12. The van der Waals surface area contributed by atoms with Crippen molar-refractivity contribution in [1.29, 1.82) is 0 Å². The Balaban J connectivity index is 1.54. The first-order valence-corrected chi connectivity index (χ1v) is 7.38. The van der Waals surface area contributed by atoms with Gasteiger partial charge in [-0.05, 0) is 22.3 Å². The Morgan fingerprint density at radius 2 is 0.952 bits per heavy atom. The lowest BCUT2D eigenvalue weighted by Gasteiger charge is -2.03. The van der Waals surface area contributed by atoms with E-state index in [9.17, 15) is 0 Å². The van der Waals surface area contributed by atoms with E-state index in [4.69, 9.17) is 0 Å². The van der Waals surface area contributed by atoms with Crippen LogP contribution in [-0.2, 0) is 0 Å². The van der Waals surface area contributed by atoms with Gasteiger partial charge in [0.15, 0.2) is 0 Å². The van der Waals surface area contributed by atoms with Crippen molar-refractivity contribution in [2.75, 3.05) is 0 Å². The van der Waals surface area contributed by atoms with Crippen LogP contribution in [0.15, 0.2) is 84.9 Å². The molecule has 1 saturated heterocycles. The highest BCUT2D eigenvalue weighted by Gasteiger charge is 2.38. The van der Waals surface area contributed by atoms with Gasteiger partial charge in [-0.25, -0.2) is 0 Å². The molecule has 0 bridgehead atoms. The van der Waals surface area contributed by atoms with Crippen LogP contribution in [-0.4, -0.2) is 0 Å². The van der Waals surface area contributed by atoms with Gasteiger partial charge in [0.25, 0.3) is 0 Å². The van der Waals surface area contributed by atoms with Gasteiger partial charge in [-0.1, -0.05) is 84.9 Å². The molecular weight excluding hydrogens is 254 g/mol. The Bertz CT molecular complexity index is 717. The van der Waals surface area contributed by atoms with E-state index in [1.807, 2.05) is 0 Å². The van der Waals surface area contributed by atoms with Gasteiger partial charge < -0.3 is 0 Å². The molecule has 1 fully saturated rings. The standard InChI is InChI=1S/C20H17N/c1-3-7-15(8-4-1)16-11-13-18(14-12-16)20-19(21-20)17-9-5-2-6-10-17/h1-14,19-21H. The molecule has 1 heteroatoms. The van der Waals surface area contributed by atoms with Gasteiger partial charge in [-0.15, -0.1) is 0 Å². The predicted octanol–water partition coefficient (Wildman–Crippen LogP) is 4.74. The molecule has 0 aromatic heterocycles. The molecule has 1 aliphatic rings. The van der Waals surface area contributed by atoms with Gasteiger partial charge >= 0.3 is 0 Å². The van der Waals surface area contributed by atoms with E-state index >= 15 is 0 Å². The van der Waals surface area contributed by atoms with Gasteiger partial charge in [0.05, 0.1) is 12.1 Å². The maximum Gasteiger partial charge on any atom is 0.0523 e. The Labute approximate surface area is 125 Å². The molecule has 102 valence electrons. The SMILES string of the molecule is c1ccc(-c2ccc(C3NC3c3ccccc3)cc2)cc1. The van der Waals surface area contributed by atoms with Crippen molar-refractivity contribution >= 4 is 0 Å². The molecule has 2 atom stereocenters. The summed E-state index contributed by atoms with van der Waals surface area (Å²) in [6, 6.07) is 31.0. The van der Waals surface area contributed by atoms with Crippen LogP contribution >= 0.6 is 0 Å². The summed E-state index contributed by atoms with van der Waals surface area (Å²) in [4.78, 5) is 0. The minimum atomic E-state index is 0.456. The van der Waals surface area contributed by atoms with Crippen molar-refractivity contribution in [3.8, 4) is 11.1 Å². The Hall–Kier alpha value is -2.38. The normalized spacial score (nSPS) is 20.2. The minimum absolute atomic E-state index is 0.456. The predicted molar refractivity (Wildman–Crippen MR) is 86.9 cm³/mol. The summed E-state index contributed by atoms with van der Waals surface area (Å²) in [7, 11) is 0. The number of nitrogens with one attached hydrogen (secondary N) is 1. The zero-order chi connectivity index (χ0) is 14.1. The monoisotopic (exact) mass is 271 g/mol. The molecule has 1 heterocycles. The van der Waals surface area contributed by atoms with Crippen LogP contribution in [0.1, 0.15) is 23.2 Å². The second kappa shape index (κ2) is 5.19. The highest BCUT2D eigenvalue weighted by molar-refractivity contribution is 5.63. The second-order valence-corrected chi connectivity index (χ2v) is 5.52. The molecule has 0 aliphatic carbocycles. The van der Waals surface area contributed by atoms with E-state index in [-0.39, 0.29) is 0 Å². The largest absolute Gasteiger partial charge is 0.300 e. The van der Waals surface area contributed by atoms with Gasteiger partial charge in [-0.3, -0.25) is 5.32 Å². The molecule has 0 amide bonds. The molecule has 4 rings (SSSR count). The summed E-state index contributed by atoms with van der Waals surface area (Å²) >= 11 is 0. The number of hydrogen-bond donors (Lipinski definition) is 1. The second-order valence-electron chi connectivity index (χ2n) is 5.52. The lowest BCUT2D eigenvalue weighted by molar-refractivity contribution is 1.03.